The maximum absolute atomic E-state index is 11.2. The fourth-order valence-electron chi connectivity index (χ4n) is 5.16. The largest absolute Gasteiger partial charge is 0.481 e. The molecule has 2 unspecified atom stereocenters. The number of aromatic amines is 2. The monoisotopic (exact) mass is 412 g/mol. The van der Waals surface area contributed by atoms with Crippen molar-refractivity contribution < 1.29 is 9.90 Å². The Kier molecular flexibility index (Phi) is 4.13. The van der Waals surface area contributed by atoms with E-state index in [9.17, 15) is 9.90 Å². The number of H-pyrrole nitrogens is 2. The van der Waals surface area contributed by atoms with Crippen molar-refractivity contribution in [2.45, 2.75) is 38.1 Å². The summed E-state index contributed by atoms with van der Waals surface area (Å²) in [6, 6.07) is 8.36. The van der Waals surface area contributed by atoms with Crippen molar-refractivity contribution in [3.63, 3.8) is 0 Å². The van der Waals surface area contributed by atoms with Crippen LogP contribution in [0.4, 0.5) is 0 Å². The Hall–Kier alpha value is -3.54. The van der Waals surface area contributed by atoms with Gasteiger partial charge in [0.1, 0.15) is 0 Å². The maximum atomic E-state index is 11.2. The summed E-state index contributed by atoms with van der Waals surface area (Å²) in [7, 11) is 0. The predicted octanol–water partition coefficient (Wildman–Crippen LogP) is 2.58. The predicted molar refractivity (Wildman–Crippen MR) is 121 cm³/mol. The SMILES string of the molecule is O=C(O)CCC1CC2=Cc3ccc([nH]3)C=c3ccc([nH]3)=CC3C=C4CCC(=C1N2)C4=N3. The molecule has 6 nitrogen and oxygen atoms in total. The van der Waals surface area contributed by atoms with Gasteiger partial charge in [-0.25, -0.2) is 0 Å². The van der Waals surface area contributed by atoms with Crippen LogP contribution >= 0.6 is 0 Å². The number of hydrogen-bond acceptors (Lipinski definition) is 3. The Labute approximate surface area is 179 Å². The van der Waals surface area contributed by atoms with Crippen LogP contribution in [-0.2, 0) is 4.79 Å². The van der Waals surface area contributed by atoms with Gasteiger partial charge in [-0.15, -0.1) is 0 Å². The summed E-state index contributed by atoms with van der Waals surface area (Å²) >= 11 is 0. The van der Waals surface area contributed by atoms with Crippen LogP contribution in [0.1, 0.15) is 43.5 Å². The highest BCUT2D eigenvalue weighted by Gasteiger charge is 2.34. The zero-order valence-corrected chi connectivity index (χ0v) is 17.1. The second-order valence-electron chi connectivity index (χ2n) is 8.73. The molecule has 0 aromatic carbocycles. The highest BCUT2D eigenvalue weighted by Crippen LogP contribution is 2.40. The van der Waals surface area contributed by atoms with E-state index >= 15 is 0 Å². The molecule has 6 rings (SSSR count). The van der Waals surface area contributed by atoms with Crippen LogP contribution in [0.15, 0.2) is 57.9 Å². The van der Waals surface area contributed by atoms with Crippen LogP contribution in [0.3, 0.4) is 0 Å². The number of hydrogen-bond donors (Lipinski definition) is 4. The minimum absolute atomic E-state index is 0.0336. The molecule has 0 spiro atoms. The molecule has 156 valence electrons. The smallest absolute Gasteiger partial charge is 0.303 e. The van der Waals surface area contributed by atoms with Crippen molar-refractivity contribution in [3.8, 4) is 0 Å². The Morgan fingerprint density at radius 3 is 2.74 bits per heavy atom. The highest BCUT2D eigenvalue weighted by molar-refractivity contribution is 6.17. The molecule has 0 radical (unpaired) electrons. The molecule has 4 N–H and O–H groups in total. The third kappa shape index (κ3) is 3.38. The summed E-state index contributed by atoms with van der Waals surface area (Å²) in [6.45, 7) is 0. The second kappa shape index (κ2) is 7.01. The van der Waals surface area contributed by atoms with E-state index in [2.05, 4.69) is 63.9 Å². The number of rotatable bonds is 3. The molecule has 5 heterocycles. The van der Waals surface area contributed by atoms with E-state index in [0.29, 0.717) is 6.42 Å². The summed E-state index contributed by atoms with van der Waals surface area (Å²) in [5, 5.41) is 15.0. The molecule has 6 heteroatoms. The van der Waals surface area contributed by atoms with Gasteiger partial charge >= 0.3 is 5.97 Å². The van der Waals surface area contributed by atoms with Gasteiger partial charge in [0.15, 0.2) is 0 Å². The van der Waals surface area contributed by atoms with Crippen LogP contribution in [0, 0.1) is 5.92 Å². The van der Waals surface area contributed by atoms with Gasteiger partial charge in [-0.3, -0.25) is 9.79 Å². The number of carbonyl (C=O) groups is 1. The maximum Gasteiger partial charge on any atom is 0.303 e. The van der Waals surface area contributed by atoms with E-state index < -0.39 is 5.97 Å². The fourth-order valence-corrected chi connectivity index (χ4v) is 5.16. The topological polar surface area (TPSA) is 93.3 Å². The Morgan fingerprint density at radius 1 is 1.03 bits per heavy atom. The first-order valence-electron chi connectivity index (χ1n) is 10.9. The number of nitrogens with zero attached hydrogens (tertiary/aromatic N) is 1. The highest BCUT2D eigenvalue weighted by atomic mass is 16.4. The molecular formula is C25H24N4O2. The molecule has 1 saturated carbocycles. The molecule has 2 aromatic rings. The van der Waals surface area contributed by atoms with Gasteiger partial charge in [-0.05, 0) is 79.3 Å². The number of allylic oxidation sites excluding steroid dienone is 4. The number of carboxylic acid groups (broad SMARTS) is 1. The lowest BCUT2D eigenvalue weighted by Gasteiger charge is -2.13. The van der Waals surface area contributed by atoms with E-state index in [1.54, 1.807) is 0 Å². The first kappa shape index (κ1) is 18.2. The lowest BCUT2D eigenvalue weighted by atomic mass is 9.94. The van der Waals surface area contributed by atoms with Gasteiger partial charge < -0.3 is 20.4 Å². The molecule has 4 aliphatic rings. The molecule has 2 fully saturated rings. The van der Waals surface area contributed by atoms with Crippen LogP contribution in [0.2, 0.25) is 0 Å². The Bertz CT molecular complexity index is 1330. The molecule has 2 atom stereocenters. The van der Waals surface area contributed by atoms with Gasteiger partial charge in [0.25, 0.3) is 0 Å². The fraction of sp³-hybridized carbons (Fsp3) is 0.280. The van der Waals surface area contributed by atoms with Crippen molar-refractivity contribution >= 4 is 29.9 Å². The summed E-state index contributed by atoms with van der Waals surface area (Å²) in [5.41, 5.74) is 8.05. The third-order valence-electron chi connectivity index (χ3n) is 6.54. The van der Waals surface area contributed by atoms with Crippen molar-refractivity contribution in [1.29, 1.82) is 0 Å². The Morgan fingerprint density at radius 2 is 1.87 bits per heavy atom. The third-order valence-corrected chi connectivity index (χ3v) is 6.54. The van der Waals surface area contributed by atoms with Gasteiger partial charge in [0.2, 0.25) is 0 Å². The molecule has 31 heavy (non-hydrogen) atoms. The van der Waals surface area contributed by atoms with Gasteiger partial charge in [0, 0.05) is 45.8 Å². The van der Waals surface area contributed by atoms with Crippen LogP contribution in [0.5, 0.6) is 0 Å². The second-order valence-corrected chi connectivity index (χ2v) is 8.73. The number of aromatic nitrogens is 2. The molecule has 1 aliphatic carbocycles. The standard InChI is InChI=1S/C25H24N4O2/c30-23(31)8-2-15-10-21-13-19-6-4-17(27-19)11-16-3-5-18(26-16)12-20-9-14-1-7-22(24(14)28-20)25(15)29-21/h3-6,9,11-13,15,20,26-27,29H,1-2,7-8,10H2,(H,30,31). The molecule has 8 bridgehead atoms. The molecule has 3 aliphatic heterocycles. The molecular weight excluding hydrogens is 388 g/mol. The summed E-state index contributed by atoms with van der Waals surface area (Å²) in [6.07, 6.45) is 12.3. The summed E-state index contributed by atoms with van der Waals surface area (Å²) < 4.78 is 0. The Balaban J connectivity index is 1.50. The number of carboxylic acids is 1. The zero-order valence-electron chi connectivity index (χ0n) is 17.1. The average molecular weight is 412 g/mol. The van der Waals surface area contributed by atoms with Crippen molar-refractivity contribution in [1.82, 2.24) is 15.3 Å². The van der Waals surface area contributed by atoms with Gasteiger partial charge in [-0.1, -0.05) is 6.08 Å². The van der Waals surface area contributed by atoms with Crippen LogP contribution < -0.4 is 16.0 Å². The van der Waals surface area contributed by atoms with E-state index in [1.807, 2.05) is 0 Å². The minimum atomic E-state index is -0.741. The first-order valence-corrected chi connectivity index (χ1v) is 10.9. The molecule has 1 saturated heterocycles. The van der Waals surface area contributed by atoms with E-state index in [-0.39, 0.29) is 18.4 Å². The lowest BCUT2D eigenvalue weighted by Crippen LogP contribution is -2.14. The first-order chi connectivity index (χ1) is 15.1. The zero-order chi connectivity index (χ0) is 20.9. The molecule has 2 aromatic heterocycles. The van der Waals surface area contributed by atoms with E-state index in [4.69, 9.17) is 4.99 Å². The molecule has 0 amide bonds. The normalized spacial score (nSPS) is 23.5. The van der Waals surface area contributed by atoms with Crippen molar-refractivity contribution in [2.75, 3.05) is 0 Å². The number of aliphatic carboxylic acids is 1. The quantitative estimate of drug-likeness (QED) is 0.624. The number of fused-ring (bicyclic) bond motifs is 7. The van der Waals surface area contributed by atoms with Crippen molar-refractivity contribution in [3.05, 3.63) is 75.0 Å². The minimum Gasteiger partial charge on any atom is -0.481 e. The van der Waals surface area contributed by atoms with E-state index in [0.717, 1.165) is 52.8 Å². The number of nitrogens with one attached hydrogen (secondary N) is 3. The van der Waals surface area contributed by atoms with Crippen molar-refractivity contribution in [2.24, 2.45) is 10.9 Å². The van der Waals surface area contributed by atoms with Crippen LogP contribution in [-0.4, -0.2) is 32.8 Å². The number of aliphatic imine (C=N–C) groups is 1. The van der Waals surface area contributed by atoms with Crippen LogP contribution in [0.25, 0.3) is 18.2 Å². The average Bonchev–Trinajstić information content (AvgIpc) is 3.51. The van der Waals surface area contributed by atoms with Gasteiger partial charge in [-0.2, -0.15) is 0 Å². The summed E-state index contributed by atoms with van der Waals surface area (Å²) in [4.78, 5) is 23.2. The summed E-state index contributed by atoms with van der Waals surface area (Å²) in [5.74, 6) is -0.556. The van der Waals surface area contributed by atoms with E-state index in [1.165, 1.54) is 16.8 Å². The lowest BCUT2D eigenvalue weighted by molar-refractivity contribution is -0.137. The van der Waals surface area contributed by atoms with Gasteiger partial charge in [0.05, 0.1) is 11.8 Å².